The van der Waals surface area contributed by atoms with Crippen LogP contribution >= 0.6 is 11.6 Å². The van der Waals surface area contributed by atoms with E-state index in [0.29, 0.717) is 10.7 Å². The van der Waals surface area contributed by atoms with Crippen LogP contribution in [0, 0.1) is 13.8 Å². The molecule has 2 aromatic rings. The molecule has 0 saturated heterocycles. The van der Waals surface area contributed by atoms with Crippen molar-refractivity contribution in [3.05, 3.63) is 58.6 Å². The van der Waals surface area contributed by atoms with Gasteiger partial charge in [0.25, 0.3) is 0 Å². The van der Waals surface area contributed by atoms with Crippen molar-refractivity contribution in [2.24, 2.45) is 0 Å². The normalized spacial score (nSPS) is 11.1. The first kappa shape index (κ1) is 20.9. The number of hydrogen-bond donors (Lipinski definition) is 2. The Balaban J connectivity index is 1.84. The van der Waals surface area contributed by atoms with Gasteiger partial charge in [0.05, 0.1) is 17.2 Å². The predicted octanol–water partition coefficient (Wildman–Crippen LogP) is 2.88. The SMILES string of the molecule is Cc1cccc(C)c1NC(=O)CNC(=O)CCS(=O)(=O)c1ccc(Cl)cc1. The van der Waals surface area contributed by atoms with Gasteiger partial charge in [-0.1, -0.05) is 29.8 Å². The van der Waals surface area contributed by atoms with E-state index in [1.165, 1.54) is 24.3 Å². The summed E-state index contributed by atoms with van der Waals surface area (Å²) in [6.07, 6.45) is -0.234. The molecule has 0 radical (unpaired) electrons. The molecule has 27 heavy (non-hydrogen) atoms. The van der Waals surface area contributed by atoms with Crippen molar-refractivity contribution in [3.63, 3.8) is 0 Å². The van der Waals surface area contributed by atoms with Gasteiger partial charge in [-0.2, -0.15) is 0 Å². The Kier molecular flexibility index (Phi) is 6.98. The number of carbonyl (C=O) groups excluding carboxylic acids is 2. The molecule has 2 aromatic carbocycles. The molecule has 0 heterocycles. The maximum atomic E-state index is 12.2. The summed E-state index contributed by atoms with van der Waals surface area (Å²) in [7, 11) is -3.59. The molecule has 0 unspecified atom stereocenters. The lowest BCUT2D eigenvalue weighted by molar-refractivity contribution is -0.123. The summed E-state index contributed by atoms with van der Waals surface area (Å²) < 4.78 is 24.4. The number of halogens is 1. The molecule has 0 spiro atoms. The Morgan fingerprint density at radius 1 is 0.963 bits per heavy atom. The van der Waals surface area contributed by atoms with Gasteiger partial charge in [0.2, 0.25) is 11.8 Å². The van der Waals surface area contributed by atoms with E-state index < -0.39 is 15.7 Å². The molecule has 0 atom stereocenters. The lowest BCUT2D eigenvalue weighted by Gasteiger charge is -2.12. The molecule has 8 heteroatoms. The van der Waals surface area contributed by atoms with Crippen molar-refractivity contribution in [3.8, 4) is 0 Å². The zero-order chi connectivity index (χ0) is 20.0. The quantitative estimate of drug-likeness (QED) is 0.736. The van der Waals surface area contributed by atoms with E-state index in [0.717, 1.165) is 11.1 Å². The minimum absolute atomic E-state index is 0.104. The molecular weight excluding hydrogens is 388 g/mol. The van der Waals surface area contributed by atoms with Gasteiger partial charge in [0, 0.05) is 17.1 Å². The molecule has 0 aromatic heterocycles. The van der Waals surface area contributed by atoms with Gasteiger partial charge in [-0.25, -0.2) is 8.42 Å². The largest absolute Gasteiger partial charge is 0.347 e. The Bertz CT molecular complexity index is 920. The highest BCUT2D eigenvalue weighted by Crippen LogP contribution is 2.19. The van der Waals surface area contributed by atoms with Crippen LogP contribution < -0.4 is 10.6 Å². The zero-order valence-electron chi connectivity index (χ0n) is 15.1. The minimum Gasteiger partial charge on any atom is -0.347 e. The number of rotatable bonds is 7. The smallest absolute Gasteiger partial charge is 0.243 e. The first-order chi connectivity index (χ1) is 12.7. The van der Waals surface area contributed by atoms with Crippen LogP contribution in [0.25, 0.3) is 0 Å². The molecule has 2 rings (SSSR count). The van der Waals surface area contributed by atoms with Crippen molar-refractivity contribution in [1.29, 1.82) is 0 Å². The second kappa shape index (κ2) is 9.01. The van der Waals surface area contributed by atoms with Crippen LogP contribution in [0.1, 0.15) is 17.5 Å². The highest BCUT2D eigenvalue weighted by atomic mass is 35.5. The van der Waals surface area contributed by atoms with Crippen molar-refractivity contribution in [2.45, 2.75) is 25.2 Å². The van der Waals surface area contributed by atoms with Gasteiger partial charge in [-0.05, 0) is 49.2 Å². The van der Waals surface area contributed by atoms with E-state index in [4.69, 9.17) is 11.6 Å². The second-order valence-corrected chi connectivity index (χ2v) is 8.66. The summed E-state index contributed by atoms with van der Waals surface area (Å²) in [5, 5.41) is 5.62. The van der Waals surface area contributed by atoms with E-state index in [-0.39, 0.29) is 29.5 Å². The third-order valence-corrected chi connectivity index (χ3v) is 5.95. The van der Waals surface area contributed by atoms with Gasteiger partial charge in [-0.3, -0.25) is 9.59 Å². The molecule has 0 aliphatic heterocycles. The van der Waals surface area contributed by atoms with Crippen molar-refractivity contribution in [1.82, 2.24) is 5.32 Å². The molecule has 6 nitrogen and oxygen atoms in total. The summed E-state index contributed by atoms with van der Waals surface area (Å²) in [6, 6.07) is 11.4. The van der Waals surface area contributed by atoms with Crippen LogP contribution in [-0.2, 0) is 19.4 Å². The van der Waals surface area contributed by atoms with E-state index in [1.54, 1.807) is 0 Å². The van der Waals surface area contributed by atoms with Gasteiger partial charge in [0.15, 0.2) is 9.84 Å². The standard InChI is InChI=1S/C19H21ClN2O4S/c1-13-4-3-5-14(2)19(13)22-18(24)12-21-17(23)10-11-27(25,26)16-8-6-15(20)7-9-16/h3-9H,10-12H2,1-2H3,(H,21,23)(H,22,24). The lowest BCUT2D eigenvalue weighted by Crippen LogP contribution is -2.34. The van der Waals surface area contributed by atoms with Gasteiger partial charge in [-0.15, -0.1) is 0 Å². The number of nitrogens with one attached hydrogen (secondary N) is 2. The van der Waals surface area contributed by atoms with Gasteiger partial charge in [0.1, 0.15) is 0 Å². The summed E-state index contributed by atoms with van der Waals surface area (Å²) in [6.45, 7) is 3.53. The Morgan fingerprint density at radius 3 is 2.15 bits per heavy atom. The fraction of sp³-hybridized carbons (Fsp3) is 0.263. The average molecular weight is 409 g/mol. The van der Waals surface area contributed by atoms with Crippen LogP contribution in [0.15, 0.2) is 47.4 Å². The average Bonchev–Trinajstić information content (AvgIpc) is 2.62. The fourth-order valence-electron chi connectivity index (χ4n) is 2.45. The third-order valence-electron chi connectivity index (χ3n) is 3.96. The predicted molar refractivity (Wildman–Crippen MR) is 106 cm³/mol. The highest BCUT2D eigenvalue weighted by molar-refractivity contribution is 7.91. The summed E-state index contributed by atoms with van der Waals surface area (Å²) in [5.74, 6) is -1.23. The molecule has 0 aliphatic carbocycles. The molecule has 0 aliphatic rings. The number of benzene rings is 2. The lowest BCUT2D eigenvalue weighted by atomic mass is 10.1. The first-order valence-electron chi connectivity index (χ1n) is 8.30. The van der Waals surface area contributed by atoms with Crippen LogP contribution in [-0.4, -0.2) is 32.5 Å². The van der Waals surface area contributed by atoms with Gasteiger partial charge >= 0.3 is 0 Å². The number of anilines is 1. The molecule has 2 N–H and O–H groups in total. The highest BCUT2D eigenvalue weighted by Gasteiger charge is 2.17. The Hall–Kier alpha value is -2.38. The molecule has 0 bridgehead atoms. The number of sulfone groups is 1. The van der Waals surface area contributed by atoms with Crippen LogP contribution in [0.4, 0.5) is 5.69 Å². The van der Waals surface area contributed by atoms with Crippen molar-refractivity contribution < 1.29 is 18.0 Å². The summed E-state index contributed by atoms with van der Waals surface area (Å²) in [4.78, 5) is 24.0. The van der Waals surface area contributed by atoms with E-state index in [9.17, 15) is 18.0 Å². The number of para-hydroxylation sites is 1. The minimum atomic E-state index is -3.59. The number of carbonyl (C=O) groups is 2. The van der Waals surface area contributed by atoms with E-state index in [2.05, 4.69) is 10.6 Å². The maximum Gasteiger partial charge on any atom is 0.243 e. The summed E-state index contributed by atoms with van der Waals surface area (Å²) in [5.41, 5.74) is 2.55. The topological polar surface area (TPSA) is 92.3 Å². The van der Waals surface area contributed by atoms with Crippen LogP contribution in [0.3, 0.4) is 0 Å². The third kappa shape index (κ3) is 6.08. The second-order valence-electron chi connectivity index (χ2n) is 6.11. The van der Waals surface area contributed by atoms with E-state index in [1.807, 2.05) is 32.0 Å². The Morgan fingerprint density at radius 2 is 1.56 bits per heavy atom. The fourth-order valence-corrected chi connectivity index (χ4v) is 3.82. The molecule has 2 amide bonds. The zero-order valence-corrected chi connectivity index (χ0v) is 16.7. The van der Waals surface area contributed by atoms with Gasteiger partial charge < -0.3 is 10.6 Å². The van der Waals surface area contributed by atoms with Crippen molar-refractivity contribution >= 4 is 38.9 Å². The summed E-state index contributed by atoms with van der Waals surface area (Å²) >= 11 is 5.74. The van der Waals surface area contributed by atoms with E-state index >= 15 is 0 Å². The first-order valence-corrected chi connectivity index (χ1v) is 10.3. The molecule has 144 valence electrons. The number of hydrogen-bond acceptors (Lipinski definition) is 4. The maximum absolute atomic E-state index is 12.2. The number of aryl methyl sites for hydroxylation is 2. The monoisotopic (exact) mass is 408 g/mol. The number of amides is 2. The molecule has 0 fully saturated rings. The molecular formula is C19H21ClN2O4S. The van der Waals surface area contributed by atoms with Crippen molar-refractivity contribution in [2.75, 3.05) is 17.6 Å². The van der Waals surface area contributed by atoms with Crippen LogP contribution in [0.5, 0.6) is 0 Å². The van der Waals surface area contributed by atoms with Crippen LogP contribution in [0.2, 0.25) is 5.02 Å². The molecule has 0 saturated carbocycles. The Labute approximate surface area is 163 Å².